The molecule has 0 spiro atoms. The predicted octanol–water partition coefficient (Wildman–Crippen LogP) is 2.51. The fraction of sp³-hybridized carbons (Fsp3) is 0.455. The van der Waals surface area contributed by atoms with Crippen molar-refractivity contribution < 1.29 is 0 Å². The van der Waals surface area contributed by atoms with Gasteiger partial charge in [-0.25, -0.2) is 9.97 Å². The molecule has 0 fully saturated rings. The van der Waals surface area contributed by atoms with Gasteiger partial charge in [0.2, 0.25) is 0 Å². The van der Waals surface area contributed by atoms with E-state index >= 15 is 0 Å². The summed E-state index contributed by atoms with van der Waals surface area (Å²) in [6.45, 7) is 2.18. The van der Waals surface area contributed by atoms with Gasteiger partial charge >= 0.3 is 0 Å². The van der Waals surface area contributed by atoms with E-state index in [2.05, 4.69) is 33.4 Å². The quantitative estimate of drug-likeness (QED) is 0.837. The van der Waals surface area contributed by atoms with Crippen molar-refractivity contribution in [1.82, 2.24) is 15.0 Å². The zero-order valence-electron chi connectivity index (χ0n) is 9.53. The van der Waals surface area contributed by atoms with Crippen molar-refractivity contribution in [2.45, 2.75) is 19.4 Å². The second kappa shape index (κ2) is 5.21. The third-order valence-electron chi connectivity index (χ3n) is 2.54. The second-order valence-electron chi connectivity index (χ2n) is 3.66. The molecule has 2 N–H and O–H groups in total. The molecule has 5 heteroatoms. The lowest BCUT2D eigenvalue weighted by molar-refractivity contribution is 0.771. The van der Waals surface area contributed by atoms with Crippen LogP contribution in [0.5, 0.6) is 0 Å². The number of anilines is 1. The summed E-state index contributed by atoms with van der Waals surface area (Å²) in [6, 6.07) is 2.38. The summed E-state index contributed by atoms with van der Waals surface area (Å²) in [6.07, 6.45) is 6.71. The number of nitrogens with one attached hydrogen (secondary N) is 2. The van der Waals surface area contributed by atoms with E-state index in [-0.39, 0.29) is 0 Å². The van der Waals surface area contributed by atoms with Gasteiger partial charge in [-0.1, -0.05) is 6.92 Å². The Morgan fingerprint density at radius 2 is 2.38 bits per heavy atom. The zero-order valence-corrected chi connectivity index (χ0v) is 10.3. The zero-order chi connectivity index (χ0) is 11.4. The molecule has 0 aromatic carbocycles. The normalized spacial score (nSPS) is 12.9. The number of hydrogen-bond acceptors (Lipinski definition) is 4. The predicted molar refractivity (Wildman–Crippen MR) is 70.0 cm³/mol. The Morgan fingerprint density at radius 1 is 1.50 bits per heavy atom. The highest BCUT2D eigenvalue weighted by molar-refractivity contribution is 7.98. The first-order chi connectivity index (χ1) is 7.85. The van der Waals surface area contributed by atoms with Crippen LogP contribution in [0.1, 0.15) is 13.3 Å². The molecular weight excluding hydrogens is 220 g/mol. The van der Waals surface area contributed by atoms with E-state index in [1.54, 1.807) is 12.5 Å². The van der Waals surface area contributed by atoms with Crippen molar-refractivity contribution in [3.8, 4) is 0 Å². The molecule has 2 heterocycles. The Balaban J connectivity index is 2.22. The minimum absolute atomic E-state index is 0.449. The molecule has 0 aliphatic heterocycles. The van der Waals surface area contributed by atoms with Crippen molar-refractivity contribution in [3.63, 3.8) is 0 Å². The number of imidazole rings is 1. The lowest BCUT2D eigenvalue weighted by atomic mass is 10.2. The molecule has 86 valence electrons. The first-order valence-corrected chi connectivity index (χ1v) is 6.78. The van der Waals surface area contributed by atoms with E-state index in [0.29, 0.717) is 6.04 Å². The third-order valence-corrected chi connectivity index (χ3v) is 3.28. The van der Waals surface area contributed by atoms with Crippen molar-refractivity contribution in [2.75, 3.05) is 17.3 Å². The maximum Gasteiger partial charge on any atom is 0.154 e. The number of aromatic amines is 1. The summed E-state index contributed by atoms with van der Waals surface area (Å²) in [4.78, 5) is 11.7. The average molecular weight is 236 g/mol. The summed E-state index contributed by atoms with van der Waals surface area (Å²) in [5, 5.41) is 3.44. The van der Waals surface area contributed by atoms with Crippen LogP contribution >= 0.6 is 11.8 Å². The second-order valence-corrected chi connectivity index (χ2v) is 4.57. The molecule has 0 amide bonds. The lowest BCUT2D eigenvalue weighted by Gasteiger charge is -2.16. The van der Waals surface area contributed by atoms with Gasteiger partial charge < -0.3 is 10.3 Å². The Hall–Kier alpha value is -1.23. The molecule has 1 atom stereocenters. The summed E-state index contributed by atoms with van der Waals surface area (Å²) in [5.41, 5.74) is 1.94. The number of rotatable bonds is 5. The van der Waals surface area contributed by atoms with E-state index in [4.69, 9.17) is 0 Å². The highest BCUT2D eigenvalue weighted by Gasteiger charge is 2.09. The summed E-state index contributed by atoms with van der Waals surface area (Å²) in [5.74, 6) is 1.96. The van der Waals surface area contributed by atoms with Gasteiger partial charge in [-0.2, -0.15) is 11.8 Å². The van der Waals surface area contributed by atoms with Crippen molar-refractivity contribution in [1.29, 1.82) is 0 Å². The van der Waals surface area contributed by atoms with E-state index in [1.165, 1.54) is 0 Å². The Labute approximate surface area is 99.3 Å². The van der Waals surface area contributed by atoms with Gasteiger partial charge in [-0.15, -0.1) is 0 Å². The first kappa shape index (κ1) is 11.3. The third kappa shape index (κ3) is 2.29. The van der Waals surface area contributed by atoms with Crippen LogP contribution < -0.4 is 5.32 Å². The molecule has 0 aliphatic rings. The van der Waals surface area contributed by atoms with Crippen LogP contribution in [0.3, 0.4) is 0 Å². The standard InChI is InChI=1S/C11H16N4S/c1-3-8(6-16-2)15-11-10-9(4-5-12-11)13-7-14-10/h4-5,7-8H,3,6H2,1-2H3,(H,12,15)(H,13,14). The molecule has 4 nitrogen and oxygen atoms in total. The number of fused-ring (bicyclic) bond motifs is 1. The highest BCUT2D eigenvalue weighted by atomic mass is 32.2. The molecule has 1 unspecified atom stereocenters. The van der Waals surface area contributed by atoms with E-state index in [0.717, 1.165) is 29.0 Å². The molecule has 0 radical (unpaired) electrons. The molecule has 0 saturated carbocycles. The van der Waals surface area contributed by atoms with Gasteiger partial charge in [0.05, 0.1) is 11.8 Å². The number of H-pyrrole nitrogens is 1. The van der Waals surface area contributed by atoms with Gasteiger partial charge in [0, 0.05) is 18.0 Å². The largest absolute Gasteiger partial charge is 0.365 e. The number of aromatic nitrogens is 3. The first-order valence-electron chi connectivity index (χ1n) is 5.38. The van der Waals surface area contributed by atoms with Crippen LogP contribution in [0.15, 0.2) is 18.6 Å². The van der Waals surface area contributed by atoms with Gasteiger partial charge in [0.1, 0.15) is 5.52 Å². The van der Waals surface area contributed by atoms with Crippen LogP contribution in [0.4, 0.5) is 5.82 Å². The van der Waals surface area contributed by atoms with Gasteiger partial charge in [0.25, 0.3) is 0 Å². The molecule has 2 aromatic rings. The van der Waals surface area contributed by atoms with Crippen molar-refractivity contribution in [2.24, 2.45) is 0 Å². The molecule has 2 rings (SSSR count). The molecule has 0 saturated heterocycles. The monoisotopic (exact) mass is 236 g/mol. The topological polar surface area (TPSA) is 53.6 Å². The molecule has 0 bridgehead atoms. The fourth-order valence-corrected chi connectivity index (χ4v) is 2.35. The summed E-state index contributed by atoms with van der Waals surface area (Å²) in [7, 11) is 0. The SMILES string of the molecule is CCC(CSC)Nc1nccc2[nH]cnc12. The molecule has 16 heavy (non-hydrogen) atoms. The van der Waals surface area contributed by atoms with Crippen LogP contribution in [-0.2, 0) is 0 Å². The van der Waals surface area contributed by atoms with Gasteiger partial charge in [-0.05, 0) is 18.7 Å². The van der Waals surface area contributed by atoms with Crippen LogP contribution in [-0.4, -0.2) is 33.0 Å². The van der Waals surface area contributed by atoms with Crippen LogP contribution in [0.25, 0.3) is 11.0 Å². The highest BCUT2D eigenvalue weighted by Crippen LogP contribution is 2.18. The van der Waals surface area contributed by atoms with E-state index in [9.17, 15) is 0 Å². The maximum atomic E-state index is 4.35. The van der Waals surface area contributed by atoms with E-state index in [1.807, 2.05) is 17.8 Å². The molecular formula is C11H16N4S. The van der Waals surface area contributed by atoms with Crippen molar-refractivity contribution >= 4 is 28.6 Å². The number of pyridine rings is 1. The Bertz CT molecular complexity index is 454. The number of nitrogens with zero attached hydrogens (tertiary/aromatic N) is 2. The van der Waals surface area contributed by atoms with Crippen LogP contribution in [0.2, 0.25) is 0 Å². The smallest absolute Gasteiger partial charge is 0.154 e. The maximum absolute atomic E-state index is 4.35. The number of thioether (sulfide) groups is 1. The minimum Gasteiger partial charge on any atom is -0.365 e. The minimum atomic E-state index is 0.449. The van der Waals surface area contributed by atoms with Gasteiger partial charge in [-0.3, -0.25) is 0 Å². The summed E-state index contributed by atoms with van der Waals surface area (Å²) >= 11 is 1.84. The number of hydrogen-bond donors (Lipinski definition) is 2. The Morgan fingerprint density at radius 3 is 3.12 bits per heavy atom. The summed E-state index contributed by atoms with van der Waals surface area (Å²) < 4.78 is 0. The van der Waals surface area contributed by atoms with E-state index < -0.39 is 0 Å². The molecule has 2 aromatic heterocycles. The lowest BCUT2D eigenvalue weighted by Crippen LogP contribution is -2.21. The average Bonchev–Trinajstić information content (AvgIpc) is 2.77. The van der Waals surface area contributed by atoms with Crippen LogP contribution in [0, 0.1) is 0 Å². The Kier molecular flexibility index (Phi) is 3.66. The molecule has 0 aliphatic carbocycles. The van der Waals surface area contributed by atoms with Crippen molar-refractivity contribution in [3.05, 3.63) is 18.6 Å². The fourth-order valence-electron chi connectivity index (χ4n) is 1.63. The van der Waals surface area contributed by atoms with Gasteiger partial charge in [0.15, 0.2) is 5.82 Å².